The molecule has 0 unspecified atom stereocenters. The number of esters is 1. The van der Waals surface area contributed by atoms with Crippen LogP contribution < -0.4 is 14.8 Å². The van der Waals surface area contributed by atoms with Gasteiger partial charge >= 0.3 is 5.97 Å². The molecule has 2 aliphatic heterocycles. The van der Waals surface area contributed by atoms with Gasteiger partial charge in [0.15, 0.2) is 0 Å². The lowest BCUT2D eigenvalue weighted by molar-refractivity contribution is -0.384. The van der Waals surface area contributed by atoms with Gasteiger partial charge in [0, 0.05) is 67.5 Å². The molecule has 6 rings (SSSR count). The third kappa shape index (κ3) is 6.13. The molecule has 2 aromatic heterocycles. The smallest absolute Gasteiger partial charge is 0.349 e. The van der Waals surface area contributed by atoms with Gasteiger partial charge in [-0.15, -0.1) is 0 Å². The first kappa shape index (κ1) is 28.9. The van der Waals surface area contributed by atoms with E-state index in [4.69, 9.17) is 14.2 Å². The van der Waals surface area contributed by atoms with E-state index in [1.54, 1.807) is 12.3 Å². The van der Waals surface area contributed by atoms with Crippen molar-refractivity contribution in [1.82, 2.24) is 19.9 Å². The Morgan fingerprint density at radius 1 is 1.02 bits per heavy atom. The number of anilines is 1. The lowest BCUT2D eigenvalue weighted by atomic mass is 9.99. The van der Waals surface area contributed by atoms with E-state index in [0.29, 0.717) is 37.7 Å². The summed E-state index contributed by atoms with van der Waals surface area (Å²) in [6, 6.07) is 12.5. The van der Waals surface area contributed by atoms with Gasteiger partial charge in [0.1, 0.15) is 23.5 Å². The maximum atomic E-state index is 13.1. The number of likely N-dealkylation sites (tertiary alicyclic amines) is 1. The molecule has 2 aliphatic rings. The molecular formula is C31H30N6O7. The number of aromatic nitrogens is 3. The first-order chi connectivity index (χ1) is 21.4. The molecular weight excluding hydrogens is 568 g/mol. The molecule has 4 aromatic rings. The summed E-state index contributed by atoms with van der Waals surface area (Å²) in [6.07, 6.45) is 5.44. The molecule has 2 saturated heterocycles. The number of nitrogens with zero attached hydrogens (tertiary/aromatic N) is 5. The summed E-state index contributed by atoms with van der Waals surface area (Å²) in [5.74, 6) is 0.376. The van der Waals surface area contributed by atoms with Crippen molar-refractivity contribution < 1.29 is 28.7 Å². The number of carbonyl (C=O) groups is 2. The second-order valence-electron chi connectivity index (χ2n) is 10.7. The Balaban J connectivity index is 1.21. The van der Waals surface area contributed by atoms with Crippen LogP contribution in [0.2, 0.25) is 0 Å². The van der Waals surface area contributed by atoms with Crippen molar-refractivity contribution in [2.45, 2.75) is 25.3 Å². The first-order valence-electron chi connectivity index (χ1n) is 14.3. The Kier molecular flexibility index (Phi) is 8.28. The molecule has 0 spiro atoms. The highest BCUT2D eigenvalue weighted by Crippen LogP contribution is 2.31. The second-order valence-corrected chi connectivity index (χ2v) is 10.7. The highest BCUT2D eigenvalue weighted by molar-refractivity contribution is 5.96. The molecule has 226 valence electrons. The molecule has 1 atom stereocenters. The predicted molar refractivity (Wildman–Crippen MR) is 160 cm³/mol. The van der Waals surface area contributed by atoms with Crippen molar-refractivity contribution >= 4 is 34.3 Å². The van der Waals surface area contributed by atoms with Crippen molar-refractivity contribution in [3.05, 3.63) is 76.7 Å². The van der Waals surface area contributed by atoms with E-state index in [1.165, 1.54) is 37.7 Å². The summed E-state index contributed by atoms with van der Waals surface area (Å²) in [5.41, 5.74) is 2.10. The molecule has 1 N–H and O–H groups in total. The number of methoxy groups -OCH3 is 1. The fourth-order valence-electron chi connectivity index (χ4n) is 5.54. The Labute approximate surface area is 252 Å². The van der Waals surface area contributed by atoms with Crippen LogP contribution in [0.5, 0.6) is 11.6 Å². The number of rotatable bonds is 8. The van der Waals surface area contributed by atoms with Crippen LogP contribution in [0.25, 0.3) is 22.0 Å². The molecule has 1 amide bonds. The zero-order valence-corrected chi connectivity index (χ0v) is 24.0. The average molecular weight is 599 g/mol. The third-order valence-electron chi connectivity index (χ3n) is 7.90. The molecule has 0 saturated carbocycles. The topological polar surface area (TPSA) is 159 Å². The van der Waals surface area contributed by atoms with E-state index in [9.17, 15) is 19.7 Å². The van der Waals surface area contributed by atoms with E-state index in [1.807, 2.05) is 23.1 Å². The van der Waals surface area contributed by atoms with Gasteiger partial charge in [0.05, 0.1) is 17.5 Å². The minimum atomic E-state index is -0.724. The fraction of sp³-hybridized carbons (Fsp3) is 0.323. The number of nitro benzene ring substituents is 1. The third-order valence-corrected chi connectivity index (χ3v) is 7.90. The summed E-state index contributed by atoms with van der Waals surface area (Å²) in [7, 11) is 1.40. The van der Waals surface area contributed by atoms with E-state index in [0.717, 1.165) is 35.7 Å². The summed E-state index contributed by atoms with van der Waals surface area (Å²) in [5, 5.41) is 15.2. The molecule has 13 nitrogen and oxygen atoms in total. The highest BCUT2D eigenvalue weighted by atomic mass is 16.6. The van der Waals surface area contributed by atoms with Gasteiger partial charge in [-0.3, -0.25) is 14.9 Å². The van der Waals surface area contributed by atoms with Crippen LogP contribution in [-0.4, -0.2) is 76.1 Å². The second kappa shape index (κ2) is 12.6. The summed E-state index contributed by atoms with van der Waals surface area (Å²) < 4.78 is 16.2. The molecule has 4 heterocycles. The quantitative estimate of drug-likeness (QED) is 0.134. The number of benzene rings is 2. The Morgan fingerprint density at radius 3 is 2.57 bits per heavy atom. The number of fused-ring (bicyclic) bond motifs is 1. The monoisotopic (exact) mass is 598 g/mol. The van der Waals surface area contributed by atoms with Crippen molar-refractivity contribution in [1.29, 1.82) is 0 Å². The van der Waals surface area contributed by atoms with Crippen molar-refractivity contribution in [2.24, 2.45) is 5.92 Å². The van der Waals surface area contributed by atoms with Crippen molar-refractivity contribution in [3.63, 3.8) is 0 Å². The van der Waals surface area contributed by atoms with E-state index in [2.05, 4.69) is 20.3 Å². The SMILES string of the molecule is COc1ncc(-c2ccc3ncnc(N[C@H]4CCN(C(=O)C5CCOCC5)C4)c3c2)cc1C(=O)Oc1ccc([N+](=O)[O-])cc1. The van der Waals surface area contributed by atoms with Crippen LogP contribution in [0.3, 0.4) is 0 Å². The fourth-order valence-corrected chi connectivity index (χ4v) is 5.54. The van der Waals surface area contributed by atoms with Crippen molar-refractivity contribution in [3.8, 4) is 22.8 Å². The molecule has 2 aromatic carbocycles. The van der Waals surface area contributed by atoms with E-state index >= 15 is 0 Å². The molecule has 2 fully saturated rings. The van der Waals surface area contributed by atoms with Gasteiger partial charge in [-0.2, -0.15) is 0 Å². The van der Waals surface area contributed by atoms with Gasteiger partial charge in [0.2, 0.25) is 11.8 Å². The average Bonchev–Trinajstić information content (AvgIpc) is 3.53. The first-order valence-corrected chi connectivity index (χ1v) is 14.3. The van der Waals surface area contributed by atoms with Gasteiger partial charge < -0.3 is 24.4 Å². The number of hydrogen-bond acceptors (Lipinski definition) is 11. The number of amides is 1. The van der Waals surface area contributed by atoms with E-state index in [-0.39, 0.29) is 40.7 Å². The van der Waals surface area contributed by atoms with Crippen LogP contribution in [0.15, 0.2) is 61.1 Å². The van der Waals surface area contributed by atoms with E-state index < -0.39 is 10.9 Å². The standard InChI is InChI=1S/C31H30N6O7/c1-42-29-26(31(39)44-24-5-3-23(4-6-24)37(40)41)15-21(16-32-29)20-2-7-27-25(14-20)28(34-18-33-27)35-22-8-11-36(17-22)30(38)19-9-12-43-13-10-19/h2-7,14-16,18-19,22H,8-13,17H2,1H3,(H,33,34,35)/t22-/m0/s1. The lowest BCUT2D eigenvalue weighted by Crippen LogP contribution is -2.38. The number of pyridine rings is 1. The normalized spacial score (nSPS) is 16.9. The van der Waals surface area contributed by atoms with Crippen molar-refractivity contribution in [2.75, 3.05) is 38.7 Å². The van der Waals surface area contributed by atoms with Crippen LogP contribution >= 0.6 is 0 Å². The zero-order chi connectivity index (χ0) is 30.6. The molecule has 0 bridgehead atoms. The molecule has 13 heteroatoms. The maximum Gasteiger partial charge on any atom is 0.349 e. The number of ether oxygens (including phenoxy) is 3. The summed E-state index contributed by atoms with van der Waals surface area (Å²) in [4.78, 5) is 51.7. The van der Waals surface area contributed by atoms with Crippen LogP contribution in [-0.2, 0) is 9.53 Å². The van der Waals surface area contributed by atoms with Crippen LogP contribution in [0, 0.1) is 16.0 Å². The Hall–Kier alpha value is -5.17. The van der Waals surface area contributed by atoms with Gasteiger partial charge in [-0.1, -0.05) is 6.07 Å². The number of non-ortho nitro benzene ring substituents is 1. The number of nitrogens with one attached hydrogen (secondary N) is 1. The minimum Gasteiger partial charge on any atom is -0.480 e. The van der Waals surface area contributed by atoms with Gasteiger partial charge in [0.25, 0.3) is 5.69 Å². The zero-order valence-electron chi connectivity index (χ0n) is 24.0. The van der Waals surface area contributed by atoms with Crippen LogP contribution in [0.1, 0.15) is 29.6 Å². The number of nitro groups is 1. The summed E-state index contributed by atoms with van der Waals surface area (Å²) >= 11 is 0. The van der Waals surface area contributed by atoms with Gasteiger partial charge in [-0.05, 0) is 55.2 Å². The van der Waals surface area contributed by atoms with Gasteiger partial charge in [-0.25, -0.2) is 19.7 Å². The lowest BCUT2D eigenvalue weighted by Gasteiger charge is -2.26. The maximum absolute atomic E-state index is 13.1. The molecule has 0 radical (unpaired) electrons. The minimum absolute atomic E-state index is 0.0272. The highest BCUT2D eigenvalue weighted by Gasteiger charge is 2.32. The predicted octanol–water partition coefficient (Wildman–Crippen LogP) is 4.27. The largest absolute Gasteiger partial charge is 0.480 e. The summed E-state index contributed by atoms with van der Waals surface area (Å²) in [6.45, 7) is 2.56. The number of hydrogen-bond donors (Lipinski definition) is 1. The Morgan fingerprint density at radius 2 is 1.82 bits per heavy atom. The van der Waals surface area contributed by atoms with Crippen LogP contribution in [0.4, 0.5) is 11.5 Å². The number of carbonyl (C=O) groups excluding carboxylic acids is 2. The molecule has 44 heavy (non-hydrogen) atoms. The molecule has 0 aliphatic carbocycles. The Bertz CT molecular complexity index is 1710.